The fourth-order valence-corrected chi connectivity index (χ4v) is 1.38. The first-order chi connectivity index (χ1) is 6.71. The van der Waals surface area contributed by atoms with Crippen LogP contribution in [-0.2, 0) is 9.53 Å². The predicted molar refractivity (Wildman–Crippen MR) is 67.9 cm³/mol. The van der Waals surface area contributed by atoms with Gasteiger partial charge in [-0.2, -0.15) is 0 Å². The Morgan fingerprint density at radius 1 is 1.27 bits per heavy atom. The van der Waals surface area contributed by atoms with Crippen molar-refractivity contribution >= 4 is 17.4 Å². The van der Waals surface area contributed by atoms with Crippen LogP contribution in [0, 0.1) is 5.92 Å². The van der Waals surface area contributed by atoms with Gasteiger partial charge in [-0.05, 0) is 26.2 Å². The van der Waals surface area contributed by atoms with E-state index in [0.717, 1.165) is 12.0 Å². The molecular formula is C12H24O2S. The molecule has 0 saturated heterocycles. The van der Waals surface area contributed by atoms with Gasteiger partial charge >= 0.3 is 0 Å². The summed E-state index contributed by atoms with van der Waals surface area (Å²) < 4.78 is 5.82. The number of hydrogen-bond acceptors (Lipinski definition) is 3. The number of carbonyl (C=O) groups excluding carboxylic acids is 1. The van der Waals surface area contributed by atoms with Crippen LogP contribution in [0.4, 0.5) is 0 Å². The summed E-state index contributed by atoms with van der Waals surface area (Å²) in [5.74, 6) is 0.499. The maximum absolute atomic E-state index is 10.4. The molecule has 0 aliphatic heterocycles. The average Bonchev–Trinajstić information content (AvgIpc) is 2.02. The smallest absolute Gasteiger partial charge is 0.176 e. The third-order valence-electron chi connectivity index (χ3n) is 2.94. The Balaban J connectivity index is 3.93. The van der Waals surface area contributed by atoms with Crippen molar-refractivity contribution in [3.05, 3.63) is 0 Å². The quantitative estimate of drug-likeness (QED) is 0.628. The van der Waals surface area contributed by atoms with Gasteiger partial charge in [0, 0.05) is 11.4 Å². The summed E-state index contributed by atoms with van der Waals surface area (Å²) in [5.41, 5.74) is 0.829. The molecule has 0 amide bonds. The van der Waals surface area contributed by atoms with E-state index in [2.05, 4.69) is 41.5 Å². The number of thioether (sulfide) groups is 1. The molecule has 3 heteroatoms. The molecule has 0 saturated carbocycles. The van der Waals surface area contributed by atoms with E-state index in [0.29, 0.717) is 12.5 Å². The lowest BCUT2D eigenvalue weighted by molar-refractivity contribution is -0.0526. The molecule has 0 aliphatic carbocycles. The van der Waals surface area contributed by atoms with Crippen LogP contribution in [0.5, 0.6) is 0 Å². The minimum Gasteiger partial charge on any atom is -0.375 e. The molecule has 0 atom stereocenters. The van der Waals surface area contributed by atoms with Gasteiger partial charge in [0.15, 0.2) is 5.62 Å². The van der Waals surface area contributed by atoms with Crippen molar-refractivity contribution in [1.29, 1.82) is 0 Å². The normalized spacial score (nSPS) is 13.3. The second-order valence-corrected chi connectivity index (χ2v) is 6.86. The van der Waals surface area contributed by atoms with Gasteiger partial charge in [0.1, 0.15) is 0 Å². The van der Waals surface area contributed by atoms with Crippen molar-refractivity contribution in [3.63, 3.8) is 0 Å². The fourth-order valence-electron chi connectivity index (χ4n) is 0.916. The van der Waals surface area contributed by atoms with Gasteiger partial charge in [0.25, 0.3) is 0 Å². The second-order valence-electron chi connectivity index (χ2n) is 5.33. The van der Waals surface area contributed by atoms with Gasteiger partial charge in [0.2, 0.25) is 0 Å². The summed E-state index contributed by atoms with van der Waals surface area (Å²) in [6.45, 7) is 13.4. The van der Waals surface area contributed by atoms with Crippen molar-refractivity contribution in [2.24, 2.45) is 5.92 Å². The minimum atomic E-state index is -0.0814. The molecule has 0 rings (SSSR count). The van der Waals surface area contributed by atoms with Gasteiger partial charge in [-0.25, -0.2) is 0 Å². The summed E-state index contributed by atoms with van der Waals surface area (Å²) in [6.07, 6.45) is 0.895. The van der Waals surface area contributed by atoms with E-state index in [9.17, 15) is 4.79 Å². The average molecular weight is 232 g/mol. The Hall–Kier alpha value is -0.0200. The molecule has 0 aliphatic rings. The molecule has 0 bridgehead atoms. The Morgan fingerprint density at radius 2 is 1.80 bits per heavy atom. The van der Waals surface area contributed by atoms with Crippen LogP contribution in [0.25, 0.3) is 0 Å². The van der Waals surface area contributed by atoms with Crippen molar-refractivity contribution in [1.82, 2.24) is 0 Å². The Morgan fingerprint density at radius 3 is 2.20 bits per heavy atom. The maximum atomic E-state index is 10.4. The molecule has 0 N–H and O–H groups in total. The predicted octanol–water partition coefficient (Wildman–Crippen LogP) is 3.53. The van der Waals surface area contributed by atoms with Crippen LogP contribution in [0.1, 0.15) is 48.0 Å². The van der Waals surface area contributed by atoms with Crippen LogP contribution in [-0.4, -0.2) is 22.6 Å². The Labute approximate surface area is 98.2 Å². The first-order valence-electron chi connectivity index (χ1n) is 5.47. The molecule has 0 fully saturated rings. The third kappa shape index (κ3) is 6.21. The minimum absolute atomic E-state index is 0.0190. The van der Waals surface area contributed by atoms with Gasteiger partial charge in [-0.15, -0.1) is 0 Å². The van der Waals surface area contributed by atoms with Crippen LogP contribution < -0.4 is 0 Å². The zero-order valence-electron chi connectivity index (χ0n) is 10.8. The fraction of sp³-hybridized carbons (Fsp3) is 0.917. The Bertz CT molecular complexity index is 198. The standard InChI is InChI=1S/C12H24O2S/c1-10(2)12(5,6)14-8-7-11(3,4)15-9-13/h9-10H,7-8H2,1-6H3. The first kappa shape index (κ1) is 15.0. The lowest BCUT2D eigenvalue weighted by atomic mass is 9.94. The monoisotopic (exact) mass is 232 g/mol. The summed E-state index contributed by atoms with van der Waals surface area (Å²) in [5, 5.41) is 0. The molecule has 0 unspecified atom stereocenters. The lowest BCUT2D eigenvalue weighted by Crippen LogP contribution is -2.32. The Kier molecular flexibility index (Phi) is 5.89. The lowest BCUT2D eigenvalue weighted by Gasteiger charge is -2.31. The van der Waals surface area contributed by atoms with E-state index in [-0.39, 0.29) is 10.3 Å². The highest BCUT2D eigenvalue weighted by molar-refractivity contribution is 8.13. The SMILES string of the molecule is CC(C)C(C)(C)OCCC(C)(C)SC=O. The number of hydrogen-bond donors (Lipinski definition) is 0. The molecule has 2 nitrogen and oxygen atoms in total. The van der Waals surface area contributed by atoms with Gasteiger partial charge < -0.3 is 4.74 Å². The summed E-state index contributed by atoms with van der Waals surface area (Å²) in [4.78, 5) is 10.4. The molecule has 15 heavy (non-hydrogen) atoms. The van der Waals surface area contributed by atoms with E-state index in [4.69, 9.17) is 4.74 Å². The van der Waals surface area contributed by atoms with E-state index >= 15 is 0 Å². The second kappa shape index (κ2) is 5.90. The van der Waals surface area contributed by atoms with Gasteiger partial charge in [0.05, 0.1) is 5.60 Å². The van der Waals surface area contributed by atoms with E-state index in [1.54, 1.807) is 0 Å². The van der Waals surface area contributed by atoms with Crippen molar-refractivity contribution in [2.75, 3.05) is 6.61 Å². The van der Waals surface area contributed by atoms with E-state index in [1.165, 1.54) is 11.8 Å². The molecule has 0 spiro atoms. The zero-order valence-corrected chi connectivity index (χ0v) is 11.6. The maximum Gasteiger partial charge on any atom is 0.176 e. The third-order valence-corrected chi connectivity index (χ3v) is 3.87. The van der Waals surface area contributed by atoms with Crippen molar-refractivity contribution in [3.8, 4) is 0 Å². The molecule has 0 radical (unpaired) electrons. The summed E-state index contributed by atoms with van der Waals surface area (Å²) >= 11 is 1.33. The topological polar surface area (TPSA) is 26.3 Å². The van der Waals surface area contributed by atoms with Gasteiger partial charge in [-0.1, -0.05) is 39.5 Å². The molecule has 0 heterocycles. The van der Waals surface area contributed by atoms with E-state index in [1.807, 2.05) is 0 Å². The van der Waals surface area contributed by atoms with Crippen LogP contribution in [0.3, 0.4) is 0 Å². The van der Waals surface area contributed by atoms with E-state index < -0.39 is 0 Å². The highest BCUT2D eigenvalue weighted by Gasteiger charge is 2.25. The first-order valence-corrected chi connectivity index (χ1v) is 6.34. The highest BCUT2D eigenvalue weighted by Crippen LogP contribution is 2.27. The van der Waals surface area contributed by atoms with Crippen molar-refractivity contribution < 1.29 is 9.53 Å². The highest BCUT2D eigenvalue weighted by atomic mass is 32.2. The van der Waals surface area contributed by atoms with Gasteiger partial charge in [-0.3, -0.25) is 4.79 Å². The molecular weight excluding hydrogens is 208 g/mol. The number of rotatable bonds is 7. The largest absolute Gasteiger partial charge is 0.375 e. The molecule has 0 aromatic rings. The molecule has 0 aromatic carbocycles. The number of ether oxygens (including phenoxy) is 1. The molecule has 90 valence electrons. The zero-order chi connectivity index (χ0) is 12.1. The van der Waals surface area contributed by atoms with Crippen molar-refractivity contribution in [2.45, 2.75) is 58.3 Å². The molecule has 0 aromatic heterocycles. The van der Waals surface area contributed by atoms with Crippen LogP contribution in [0.2, 0.25) is 0 Å². The van der Waals surface area contributed by atoms with Crippen LogP contribution in [0.15, 0.2) is 0 Å². The van der Waals surface area contributed by atoms with Crippen LogP contribution >= 0.6 is 11.8 Å². The summed E-state index contributed by atoms with van der Waals surface area (Å²) in [6, 6.07) is 0. The summed E-state index contributed by atoms with van der Waals surface area (Å²) in [7, 11) is 0. The number of carbonyl (C=O) groups is 1.